The Morgan fingerprint density at radius 1 is 1.16 bits per heavy atom. The molecule has 0 aromatic rings. The van der Waals surface area contributed by atoms with Crippen molar-refractivity contribution in [1.82, 2.24) is 14.7 Å². The number of likely N-dealkylation sites (tertiary alicyclic amines) is 2. The van der Waals surface area contributed by atoms with Gasteiger partial charge in [0.05, 0.1) is 12.1 Å². The lowest BCUT2D eigenvalue weighted by molar-refractivity contribution is -0.129. The lowest BCUT2D eigenvalue weighted by Gasteiger charge is -2.39. The molecule has 2 saturated heterocycles. The number of nitrogens with two attached hydrogens (primary N) is 1. The van der Waals surface area contributed by atoms with Gasteiger partial charge in [-0.05, 0) is 72.3 Å². The van der Waals surface area contributed by atoms with E-state index >= 15 is 0 Å². The average Bonchev–Trinajstić information content (AvgIpc) is 3.46. The minimum atomic E-state index is 0.0657. The van der Waals surface area contributed by atoms with Crippen LogP contribution in [0.2, 0.25) is 0 Å². The molecule has 3 fully saturated rings. The van der Waals surface area contributed by atoms with Gasteiger partial charge in [-0.1, -0.05) is 12.2 Å². The lowest BCUT2D eigenvalue weighted by atomic mass is 10.0. The van der Waals surface area contributed by atoms with Gasteiger partial charge in [0.2, 0.25) is 0 Å². The first-order valence-corrected chi connectivity index (χ1v) is 14.0. The minimum absolute atomic E-state index is 0.0657. The molecule has 8 heteroatoms. The topological polar surface area (TPSA) is 89.9 Å². The van der Waals surface area contributed by atoms with Crippen LogP contribution in [-0.2, 0) is 4.79 Å². The maximum absolute atomic E-state index is 13.5. The Kier molecular flexibility index (Phi) is 10.7. The number of carbonyl (C=O) groups is 1. The zero-order valence-corrected chi connectivity index (χ0v) is 23.6. The molecule has 0 aromatic carbocycles. The lowest BCUT2D eigenvalue weighted by Crippen LogP contribution is -2.49. The van der Waals surface area contributed by atoms with Crippen LogP contribution in [0, 0.1) is 5.92 Å². The normalized spacial score (nSPS) is 22.4. The number of rotatable bonds is 7. The van der Waals surface area contributed by atoms with Crippen molar-refractivity contribution in [3.05, 3.63) is 35.7 Å². The van der Waals surface area contributed by atoms with Gasteiger partial charge < -0.3 is 20.4 Å². The zero-order chi connectivity index (χ0) is 26.9. The highest BCUT2D eigenvalue weighted by molar-refractivity contribution is 6.12. The van der Waals surface area contributed by atoms with Crippen molar-refractivity contribution in [1.29, 1.82) is 0 Å². The molecule has 0 spiro atoms. The summed E-state index contributed by atoms with van der Waals surface area (Å²) in [6.07, 6.45) is 10.7. The van der Waals surface area contributed by atoms with Crippen molar-refractivity contribution in [2.24, 2.45) is 26.6 Å². The zero-order valence-electron chi connectivity index (χ0n) is 23.6. The Morgan fingerprint density at radius 2 is 1.84 bits per heavy atom. The number of likely N-dealkylation sites (N-methyl/N-ethyl adjacent to an activating group) is 1. The van der Waals surface area contributed by atoms with E-state index in [2.05, 4.69) is 42.1 Å². The molecule has 3 aliphatic heterocycles. The Morgan fingerprint density at radius 3 is 2.35 bits per heavy atom. The van der Waals surface area contributed by atoms with Crippen LogP contribution >= 0.6 is 0 Å². The van der Waals surface area contributed by atoms with Crippen molar-refractivity contribution in [2.75, 3.05) is 39.3 Å². The van der Waals surface area contributed by atoms with Crippen molar-refractivity contribution in [3.63, 3.8) is 0 Å². The number of carbonyl (C=O) groups excluding carboxylic acids is 1. The van der Waals surface area contributed by atoms with E-state index in [1.807, 2.05) is 24.8 Å². The first-order valence-electron chi connectivity index (χ1n) is 14.0. The van der Waals surface area contributed by atoms with Gasteiger partial charge in [-0.3, -0.25) is 9.79 Å². The quantitative estimate of drug-likeness (QED) is 0.319. The number of amidine groups is 2. The number of hydrogen-bond acceptors (Lipinski definition) is 7. The molecule has 4 aliphatic rings. The molecule has 1 unspecified atom stereocenters. The molecular formula is C29H47N7O. The van der Waals surface area contributed by atoms with Gasteiger partial charge in [-0.15, -0.1) is 6.58 Å². The van der Waals surface area contributed by atoms with Gasteiger partial charge in [0.1, 0.15) is 17.5 Å². The monoisotopic (exact) mass is 509 g/mol. The first kappa shape index (κ1) is 28.8. The molecule has 0 radical (unpaired) electrons. The number of piperidine rings is 1. The molecule has 4 rings (SSSR count). The molecular weight excluding hydrogens is 462 g/mol. The van der Waals surface area contributed by atoms with E-state index in [0.717, 1.165) is 75.1 Å². The van der Waals surface area contributed by atoms with Crippen LogP contribution in [0.5, 0.6) is 0 Å². The van der Waals surface area contributed by atoms with E-state index in [4.69, 9.17) is 15.7 Å². The molecule has 37 heavy (non-hydrogen) atoms. The molecule has 204 valence electrons. The highest BCUT2D eigenvalue weighted by Crippen LogP contribution is 2.33. The predicted octanol–water partition coefficient (Wildman–Crippen LogP) is 4.01. The molecule has 1 saturated carbocycles. The molecule has 1 aliphatic carbocycles. The van der Waals surface area contributed by atoms with Crippen LogP contribution < -0.4 is 5.73 Å². The van der Waals surface area contributed by atoms with E-state index in [1.54, 1.807) is 12.3 Å². The summed E-state index contributed by atoms with van der Waals surface area (Å²) in [6.45, 7) is 18.4. The van der Waals surface area contributed by atoms with Gasteiger partial charge in [-0.25, -0.2) is 9.98 Å². The van der Waals surface area contributed by atoms with Crippen molar-refractivity contribution in [3.8, 4) is 0 Å². The molecule has 3 heterocycles. The Balaban J connectivity index is 0.00000121. The summed E-state index contributed by atoms with van der Waals surface area (Å²) in [5, 5.41) is 0. The molecule has 0 aromatic heterocycles. The number of hydrogen-bond donors (Lipinski definition) is 1. The molecule has 0 bridgehead atoms. The van der Waals surface area contributed by atoms with Gasteiger partial charge in [0.15, 0.2) is 0 Å². The standard InChI is InChI=1S/C26H41N7O.C3H6/c1-5-19(15-29-25(18(3)4)32-12-9-21(27)17-32)26(34)33(6-2)22-10-13-31(14-11-22)23-16-28-24(30-23)20-7-8-20;1-3-2/h5,15,20-22H,6-14,16-17,27H2,1-4H3;3H,1H2,2H3/b19-5+,29-15-;. The Labute approximate surface area is 223 Å². The Bertz CT molecular complexity index is 961. The summed E-state index contributed by atoms with van der Waals surface area (Å²) < 4.78 is 0. The van der Waals surface area contributed by atoms with Crippen LogP contribution in [0.15, 0.2) is 50.7 Å². The summed E-state index contributed by atoms with van der Waals surface area (Å²) in [6, 6.07) is 0.429. The van der Waals surface area contributed by atoms with Gasteiger partial charge in [0, 0.05) is 56.9 Å². The van der Waals surface area contributed by atoms with Gasteiger partial charge in [-0.2, -0.15) is 0 Å². The van der Waals surface area contributed by atoms with E-state index in [-0.39, 0.29) is 18.0 Å². The summed E-state index contributed by atoms with van der Waals surface area (Å²) in [5.41, 5.74) is 7.88. The average molecular weight is 510 g/mol. The fraction of sp³-hybridized carbons (Fsp3) is 0.655. The van der Waals surface area contributed by atoms with E-state index in [0.29, 0.717) is 18.0 Å². The van der Waals surface area contributed by atoms with Gasteiger partial charge >= 0.3 is 0 Å². The second kappa shape index (κ2) is 13.7. The van der Waals surface area contributed by atoms with E-state index in [9.17, 15) is 4.79 Å². The van der Waals surface area contributed by atoms with Crippen LogP contribution in [-0.4, -0.2) is 89.8 Å². The highest BCUT2D eigenvalue weighted by Gasteiger charge is 2.33. The van der Waals surface area contributed by atoms with Gasteiger partial charge in [0.25, 0.3) is 5.91 Å². The Hall–Kier alpha value is -2.74. The third-order valence-electron chi connectivity index (χ3n) is 7.30. The van der Waals surface area contributed by atoms with Crippen LogP contribution in [0.25, 0.3) is 0 Å². The maximum atomic E-state index is 13.5. The molecule has 8 nitrogen and oxygen atoms in total. The van der Waals surface area contributed by atoms with E-state index < -0.39 is 0 Å². The number of allylic oxidation sites excluding steroid dienone is 3. The minimum Gasteiger partial charge on any atom is -0.358 e. The SMILES string of the molecule is C/C=C(\C=N/C(=C(C)C)N1CCC(N)C1)C(=O)N(CC)C1CCN(C2=NC(C3CC3)=NC2)CC1.C=CC. The predicted molar refractivity (Wildman–Crippen MR) is 155 cm³/mol. The van der Waals surface area contributed by atoms with Crippen molar-refractivity contribution < 1.29 is 4.79 Å². The summed E-state index contributed by atoms with van der Waals surface area (Å²) in [7, 11) is 0. The highest BCUT2D eigenvalue weighted by atomic mass is 16.2. The largest absolute Gasteiger partial charge is 0.358 e. The number of nitrogens with zero attached hydrogens (tertiary/aromatic N) is 6. The smallest absolute Gasteiger partial charge is 0.255 e. The van der Waals surface area contributed by atoms with Crippen molar-refractivity contribution >= 4 is 23.8 Å². The third-order valence-corrected chi connectivity index (χ3v) is 7.30. The third kappa shape index (κ3) is 7.63. The fourth-order valence-corrected chi connectivity index (χ4v) is 5.15. The maximum Gasteiger partial charge on any atom is 0.255 e. The van der Waals surface area contributed by atoms with E-state index in [1.165, 1.54) is 12.8 Å². The van der Waals surface area contributed by atoms with Crippen LogP contribution in [0.4, 0.5) is 0 Å². The number of amides is 1. The van der Waals surface area contributed by atoms with Crippen LogP contribution in [0.1, 0.15) is 66.7 Å². The van der Waals surface area contributed by atoms with Crippen molar-refractivity contribution in [2.45, 2.75) is 78.8 Å². The number of aliphatic imine (C=N–C) groups is 3. The summed E-state index contributed by atoms with van der Waals surface area (Å²) in [5.74, 6) is 3.79. The summed E-state index contributed by atoms with van der Waals surface area (Å²) >= 11 is 0. The molecule has 2 N–H and O–H groups in total. The first-order chi connectivity index (χ1) is 17.8. The molecule has 1 amide bonds. The fourth-order valence-electron chi connectivity index (χ4n) is 5.15. The molecule has 1 atom stereocenters. The van der Waals surface area contributed by atoms with Crippen LogP contribution in [0.3, 0.4) is 0 Å². The summed E-state index contributed by atoms with van der Waals surface area (Å²) in [4.78, 5) is 34.3. The second-order valence-electron chi connectivity index (χ2n) is 10.5. The second-order valence-corrected chi connectivity index (χ2v) is 10.5.